The minimum atomic E-state index is -1.12. The zero-order valence-electron chi connectivity index (χ0n) is 11.4. The lowest BCUT2D eigenvalue weighted by atomic mass is 9.83. The second-order valence-corrected chi connectivity index (χ2v) is 5.77. The molecule has 0 unspecified atom stereocenters. The fourth-order valence-corrected chi connectivity index (χ4v) is 3.31. The molecule has 1 aliphatic carbocycles. The summed E-state index contributed by atoms with van der Waals surface area (Å²) in [7, 11) is 0. The number of hydrogen-bond donors (Lipinski definition) is 3. The molecule has 0 saturated heterocycles. The van der Waals surface area contributed by atoms with Crippen LogP contribution in [0.3, 0.4) is 0 Å². The van der Waals surface area contributed by atoms with Crippen LogP contribution in [0.5, 0.6) is 0 Å². The molecule has 0 spiro atoms. The highest BCUT2D eigenvalue weighted by atomic mass is 16.4. The molecule has 0 saturated carbocycles. The average molecular weight is 280 g/mol. The zero-order chi connectivity index (χ0) is 14.6. The largest absolute Gasteiger partial charge is 0.390 e. The van der Waals surface area contributed by atoms with Gasteiger partial charge >= 0.3 is 0 Å². The van der Waals surface area contributed by atoms with Crippen LogP contribution in [0, 0.1) is 0 Å². The maximum absolute atomic E-state index is 10.2. The summed E-state index contributed by atoms with van der Waals surface area (Å²) in [5.74, 6) is 0. The molecule has 0 aromatic heterocycles. The van der Waals surface area contributed by atoms with Gasteiger partial charge in [-0.2, -0.15) is 0 Å². The molecule has 0 heterocycles. The van der Waals surface area contributed by atoms with E-state index in [0.717, 1.165) is 27.3 Å². The Hall–Kier alpha value is -1.94. The third kappa shape index (κ3) is 1.86. The molecule has 3 aromatic rings. The van der Waals surface area contributed by atoms with Gasteiger partial charge in [-0.1, -0.05) is 42.5 Å². The van der Waals surface area contributed by atoms with Gasteiger partial charge in [0.2, 0.25) is 0 Å². The maximum atomic E-state index is 10.2. The van der Waals surface area contributed by atoms with Crippen molar-refractivity contribution in [1.82, 2.24) is 0 Å². The minimum absolute atomic E-state index is 0.368. The normalized spacial score (nSPS) is 25.2. The Balaban J connectivity index is 2.03. The summed E-state index contributed by atoms with van der Waals surface area (Å²) in [5.41, 5.74) is 1.62. The van der Waals surface area contributed by atoms with Crippen molar-refractivity contribution >= 4 is 21.5 Å². The van der Waals surface area contributed by atoms with Gasteiger partial charge < -0.3 is 15.3 Å². The molecule has 0 amide bonds. The number of hydrogen-bond acceptors (Lipinski definition) is 3. The fraction of sp³-hybridized carbons (Fsp3) is 0.222. The molecular formula is C18H16O3. The topological polar surface area (TPSA) is 60.7 Å². The van der Waals surface area contributed by atoms with Gasteiger partial charge in [0.1, 0.15) is 12.2 Å². The number of rotatable bonds is 0. The Bertz CT molecular complexity index is 840. The quantitative estimate of drug-likeness (QED) is 0.554. The first-order chi connectivity index (χ1) is 10.1. The SMILES string of the molecule is O[C@@H]1[C@H](O)Cc2cc3c(ccc4ccccc43)cc2[C@H]1O. The highest BCUT2D eigenvalue weighted by Crippen LogP contribution is 2.35. The number of aliphatic hydroxyl groups excluding tert-OH is 3. The van der Waals surface area contributed by atoms with Gasteiger partial charge in [0, 0.05) is 6.42 Å². The Labute approximate surface area is 122 Å². The summed E-state index contributed by atoms with van der Waals surface area (Å²) in [6.45, 7) is 0. The van der Waals surface area contributed by atoms with Crippen molar-refractivity contribution in [3.63, 3.8) is 0 Å². The molecule has 1 aliphatic rings. The van der Waals surface area contributed by atoms with Crippen molar-refractivity contribution in [2.45, 2.75) is 24.7 Å². The van der Waals surface area contributed by atoms with E-state index in [9.17, 15) is 15.3 Å². The van der Waals surface area contributed by atoms with E-state index in [1.54, 1.807) is 0 Å². The van der Waals surface area contributed by atoms with Crippen molar-refractivity contribution in [2.75, 3.05) is 0 Å². The van der Waals surface area contributed by atoms with Gasteiger partial charge in [0.15, 0.2) is 0 Å². The van der Waals surface area contributed by atoms with E-state index in [2.05, 4.69) is 18.2 Å². The molecular weight excluding hydrogens is 264 g/mol. The summed E-state index contributed by atoms with van der Waals surface area (Å²) in [6, 6.07) is 16.2. The molecule has 0 aliphatic heterocycles. The van der Waals surface area contributed by atoms with Gasteiger partial charge in [0.25, 0.3) is 0 Å². The molecule has 3 nitrogen and oxygen atoms in total. The van der Waals surface area contributed by atoms with Crippen LogP contribution in [0.1, 0.15) is 17.2 Å². The van der Waals surface area contributed by atoms with E-state index in [0.29, 0.717) is 6.42 Å². The van der Waals surface area contributed by atoms with E-state index in [1.165, 1.54) is 5.39 Å². The lowest BCUT2D eigenvalue weighted by Gasteiger charge is -2.31. The van der Waals surface area contributed by atoms with E-state index < -0.39 is 18.3 Å². The first-order valence-electron chi connectivity index (χ1n) is 7.13. The number of aliphatic hydroxyl groups is 3. The first-order valence-corrected chi connectivity index (χ1v) is 7.13. The Morgan fingerprint density at radius 1 is 0.810 bits per heavy atom. The molecule has 3 atom stereocenters. The molecule has 0 radical (unpaired) electrons. The van der Waals surface area contributed by atoms with E-state index >= 15 is 0 Å². The van der Waals surface area contributed by atoms with Crippen molar-refractivity contribution in [3.05, 3.63) is 59.7 Å². The standard InChI is InChI=1S/C18H16O3/c19-16-9-12-8-14-11(7-15(12)17(20)18(16)21)6-5-10-3-1-2-4-13(10)14/h1-8,16-21H,9H2/t16-,17-,18-/m1/s1. The van der Waals surface area contributed by atoms with Gasteiger partial charge in [-0.25, -0.2) is 0 Å². The highest BCUT2D eigenvalue weighted by Gasteiger charge is 2.33. The van der Waals surface area contributed by atoms with Crippen LogP contribution in [-0.4, -0.2) is 27.5 Å². The average Bonchev–Trinajstić information content (AvgIpc) is 2.51. The van der Waals surface area contributed by atoms with E-state index in [4.69, 9.17) is 0 Å². The molecule has 3 N–H and O–H groups in total. The van der Waals surface area contributed by atoms with Crippen LogP contribution in [0.25, 0.3) is 21.5 Å². The molecule has 0 fully saturated rings. The summed E-state index contributed by atoms with van der Waals surface area (Å²) < 4.78 is 0. The van der Waals surface area contributed by atoms with Crippen molar-refractivity contribution in [2.24, 2.45) is 0 Å². The van der Waals surface area contributed by atoms with E-state index in [-0.39, 0.29) is 0 Å². The van der Waals surface area contributed by atoms with E-state index in [1.807, 2.05) is 30.3 Å². The lowest BCUT2D eigenvalue weighted by Crippen LogP contribution is -2.38. The highest BCUT2D eigenvalue weighted by molar-refractivity contribution is 6.07. The Kier molecular flexibility index (Phi) is 2.76. The first kappa shape index (κ1) is 12.8. The van der Waals surface area contributed by atoms with Crippen molar-refractivity contribution < 1.29 is 15.3 Å². The third-order valence-electron chi connectivity index (χ3n) is 4.47. The zero-order valence-corrected chi connectivity index (χ0v) is 11.4. The molecule has 3 aromatic carbocycles. The summed E-state index contributed by atoms with van der Waals surface area (Å²) in [5, 5.41) is 34.3. The van der Waals surface area contributed by atoms with Crippen LogP contribution < -0.4 is 0 Å². The second kappa shape index (κ2) is 4.53. The second-order valence-electron chi connectivity index (χ2n) is 5.77. The maximum Gasteiger partial charge on any atom is 0.110 e. The molecule has 106 valence electrons. The van der Waals surface area contributed by atoms with Crippen LogP contribution in [-0.2, 0) is 6.42 Å². The Morgan fingerprint density at radius 3 is 2.43 bits per heavy atom. The summed E-state index contributed by atoms with van der Waals surface area (Å²) >= 11 is 0. The molecule has 0 bridgehead atoms. The van der Waals surface area contributed by atoms with Gasteiger partial charge in [-0.15, -0.1) is 0 Å². The smallest absolute Gasteiger partial charge is 0.110 e. The number of benzene rings is 3. The fourth-order valence-electron chi connectivity index (χ4n) is 3.31. The Morgan fingerprint density at radius 2 is 1.57 bits per heavy atom. The third-order valence-corrected chi connectivity index (χ3v) is 4.47. The minimum Gasteiger partial charge on any atom is -0.390 e. The van der Waals surface area contributed by atoms with Crippen LogP contribution >= 0.6 is 0 Å². The predicted molar refractivity (Wildman–Crippen MR) is 82.1 cm³/mol. The lowest BCUT2D eigenvalue weighted by molar-refractivity contribution is -0.0684. The number of fused-ring (bicyclic) bond motifs is 4. The van der Waals surface area contributed by atoms with Crippen molar-refractivity contribution in [1.29, 1.82) is 0 Å². The summed E-state index contributed by atoms with van der Waals surface area (Å²) in [4.78, 5) is 0. The van der Waals surface area contributed by atoms with Crippen LogP contribution in [0.2, 0.25) is 0 Å². The van der Waals surface area contributed by atoms with Crippen LogP contribution in [0.15, 0.2) is 48.5 Å². The van der Waals surface area contributed by atoms with Gasteiger partial charge in [-0.05, 0) is 38.7 Å². The van der Waals surface area contributed by atoms with Crippen molar-refractivity contribution in [3.8, 4) is 0 Å². The summed E-state index contributed by atoms with van der Waals surface area (Å²) in [6.07, 6.45) is -2.69. The monoisotopic (exact) mass is 280 g/mol. The van der Waals surface area contributed by atoms with Gasteiger partial charge in [0.05, 0.1) is 6.10 Å². The molecule has 3 heteroatoms. The molecule has 21 heavy (non-hydrogen) atoms. The predicted octanol–water partition coefficient (Wildman–Crippen LogP) is 2.30. The van der Waals surface area contributed by atoms with Gasteiger partial charge in [-0.3, -0.25) is 0 Å². The van der Waals surface area contributed by atoms with Crippen LogP contribution in [0.4, 0.5) is 0 Å². The molecule has 4 rings (SSSR count).